The minimum Gasteiger partial charge on any atom is -0.321 e. The van der Waals surface area contributed by atoms with E-state index in [9.17, 15) is 0 Å². The summed E-state index contributed by atoms with van der Waals surface area (Å²) in [5, 5.41) is 1.30. The number of hydrogen-bond acceptors (Lipinski definition) is 1. The molecule has 0 spiro atoms. The van der Waals surface area contributed by atoms with Crippen molar-refractivity contribution in [2.45, 2.75) is 63.3 Å². The first-order valence-electron chi connectivity index (χ1n) is 8.36. The van der Waals surface area contributed by atoms with Gasteiger partial charge in [-0.3, -0.25) is 0 Å². The van der Waals surface area contributed by atoms with Crippen molar-refractivity contribution in [1.29, 1.82) is 0 Å². The number of benzene rings is 1. The molecule has 2 N–H and O–H groups in total. The average Bonchev–Trinajstić information content (AvgIpc) is 2.51. The molecular formula is C18H25Cl2N. The summed E-state index contributed by atoms with van der Waals surface area (Å²) in [6, 6.07) is 5.94. The second kappa shape index (κ2) is 6.48. The molecule has 21 heavy (non-hydrogen) atoms. The van der Waals surface area contributed by atoms with Gasteiger partial charge in [0.25, 0.3) is 0 Å². The third-order valence-electron chi connectivity index (χ3n) is 5.69. The highest BCUT2D eigenvalue weighted by molar-refractivity contribution is 6.42. The summed E-state index contributed by atoms with van der Waals surface area (Å²) < 4.78 is 0. The molecule has 116 valence electrons. The van der Waals surface area contributed by atoms with Crippen molar-refractivity contribution in [2.75, 3.05) is 0 Å². The van der Waals surface area contributed by atoms with Crippen LogP contribution in [0.1, 0.15) is 63.4 Å². The summed E-state index contributed by atoms with van der Waals surface area (Å²) in [4.78, 5) is 0. The molecule has 3 rings (SSSR count). The fourth-order valence-electron chi connectivity index (χ4n) is 4.62. The van der Waals surface area contributed by atoms with Crippen molar-refractivity contribution >= 4 is 23.2 Å². The van der Waals surface area contributed by atoms with E-state index in [4.69, 9.17) is 28.9 Å². The van der Waals surface area contributed by atoms with Crippen molar-refractivity contribution in [3.05, 3.63) is 33.8 Å². The summed E-state index contributed by atoms with van der Waals surface area (Å²) in [6.07, 6.45) is 11.6. The molecule has 0 heterocycles. The van der Waals surface area contributed by atoms with Gasteiger partial charge < -0.3 is 5.73 Å². The molecule has 1 nitrogen and oxygen atoms in total. The monoisotopic (exact) mass is 325 g/mol. The zero-order chi connectivity index (χ0) is 14.9. The number of halogens is 2. The lowest BCUT2D eigenvalue weighted by Gasteiger charge is -2.47. The highest BCUT2D eigenvalue weighted by atomic mass is 35.5. The van der Waals surface area contributed by atoms with Crippen LogP contribution >= 0.6 is 23.2 Å². The molecular weight excluding hydrogens is 301 g/mol. The minimum absolute atomic E-state index is 0.289. The lowest BCUT2D eigenvalue weighted by Crippen LogP contribution is -2.49. The Morgan fingerprint density at radius 3 is 2.43 bits per heavy atom. The minimum atomic E-state index is -0.289. The van der Waals surface area contributed by atoms with E-state index < -0.39 is 0 Å². The molecule has 0 radical (unpaired) electrons. The molecule has 2 unspecified atom stereocenters. The van der Waals surface area contributed by atoms with Gasteiger partial charge in [0, 0.05) is 5.54 Å². The van der Waals surface area contributed by atoms with E-state index in [0.717, 1.165) is 17.9 Å². The second-order valence-electron chi connectivity index (χ2n) is 6.89. The molecule has 1 aromatic carbocycles. The van der Waals surface area contributed by atoms with Crippen LogP contribution in [0.25, 0.3) is 0 Å². The van der Waals surface area contributed by atoms with Gasteiger partial charge in [-0.15, -0.1) is 0 Å². The number of hydrogen-bond donors (Lipinski definition) is 1. The molecule has 2 atom stereocenters. The van der Waals surface area contributed by atoms with E-state index in [-0.39, 0.29) is 5.54 Å². The van der Waals surface area contributed by atoms with Crippen LogP contribution < -0.4 is 5.73 Å². The average molecular weight is 326 g/mol. The molecule has 2 aliphatic carbocycles. The first kappa shape index (κ1) is 15.6. The van der Waals surface area contributed by atoms with Crippen LogP contribution in [0.15, 0.2) is 18.2 Å². The van der Waals surface area contributed by atoms with Crippen LogP contribution in [0, 0.1) is 11.8 Å². The molecule has 0 amide bonds. The number of nitrogens with two attached hydrogens (primary N) is 1. The summed E-state index contributed by atoms with van der Waals surface area (Å²) in [7, 11) is 0. The maximum atomic E-state index is 6.98. The van der Waals surface area contributed by atoms with Crippen LogP contribution in [0.2, 0.25) is 10.0 Å². The van der Waals surface area contributed by atoms with E-state index in [1.807, 2.05) is 12.1 Å². The largest absolute Gasteiger partial charge is 0.321 e. The fraction of sp³-hybridized carbons (Fsp3) is 0.667. The summed E-state index contributed by atoms with van der Waals surface area (Å²) in [5.41, 5.74) is 7.77. The van der Waals surface area contributed by atoms with Gasteiger partial charge in [0.1, 0.15) is 0 Å². The lowest BCUT2D eigenvalue weighted by molar-refractivity contribution is 0.0986. The topological polar surface area (TPSA) is 26.0 Å². The van der Waals surface area contributed by atoms with Gasteiger partial charge in [-0.25, -0.2) is 0 Å². The Balaban J connectivity index is 1.96. The zero-order valence-electron chi connectivity index (χ0n) is 12.6. The van der Waals surface area contributed by atoms with Crippen molar-refractivity contribution in [3.63, 3.8) is 0 Å². The quantitative estimate of drug-likeness (QED) is 0.717. The molecule has 0 aliphatic heterocycles. The first-order chi connectivity index (χ1) is 10.1. The highest BCUT2D eigenvalue weighted by Gasteiger charge is 2.44. The van der Waals surface area contributed by atoms with Gasteiger partial charge in [0.15, 0.2) is 0 Å². The van der Waals surface area contributed by atoms with Crippen molar-refractivity contribution < 1.29 is 0 Å². The summed E-state index contributed by atoms with van der Waals surface area (Å²) >= 11 is 12.7. The Kier molecular flexibility index (Phi) is 4.83. The van der Waals surface area contributed by atoms with Crippen LogP contribution in [0.4, 0.5) is 0 Å². The molecule has 2 saturated carbocycles. The molecule has 2 fully saturated rings. The SMILES string of the molecule is NC1(c2cccc(Cl)c2Cl)CCCCC1C1CCCCC1. The van der Waals surface area contributed by atoms with Gasteiger partial charge in [-0.1, -0.05) is 80.3 Å². The van der Waals surface area contributed by atoms with Gasteiger partial charge in [-0.05, 0) is 36.3 Å². The molecule has 2 aliphatic rings. The van der Waals surface area contributed by atoms with E-state index in [0.29, 0.717) is 16.0 Å². The number of rotatable bonds is 2. The van der Waals surface area contributed by atoms with Crippen LogP contribution in [0.5, 0.6) is 0 Å². The summed E-state index contributed by atoms with van der Waals surface area (Å²) in [5.74, 6) is 1.32. The van der Waals surface area contributed by atoms with Gasteiger partial charge >= 0.3 is 0 Å². The summed E-state index contributed by atoms with van der Waals surface area (Å²) in [6.45, 7) is 0. The first-order valence-corrected chi connectivity index (χ1v) is 9.12. The van der Waals surface area contributed by atoms with Crippen molar-refractivity contribution in [2.24, 2.45) is 17.6 Å². The molecule has 1 aromatic rings. The third-order valence-corrected chi connectivity index (χ3v) is 6.51. The Morgan fingerprint density at radius 2 is 1.67 bits per heavy atom. The second-order valence-corrected chi connectivity index (χ2v) is 7.68. The van der Waals surface area contributed by atoms with Gasteiger partial charge in [0.05, 0.1) is 10.0 Å². The van der Waals surface area contributed by atoms with E-state index >= 15 is 0 Å². The Bertz CT molecular complexity index is 496. The molecule has 0 saturated heterocycles. The van der Waals surface area contributed by atoms with Crippen LogP contribution in [0.3, 0.4) is 0 Å². The Morgan fingerprint density at radius 1 is 0.952 bits per heavy atom. The van der Waals surface area contributed by atoms with E-state index in [1.165, 1.54) is 51.4 Å². The van der Waals surface area contributed by atoms with Crippen LogP contribution in [-0.2, 0) is 5.54 Å². The maximum Gasteiger partial charge on any atom is 0.0642 e. The third kappa shape index (κ3) is 2.98. The van der Waals surface area contributed by atoms with E-state index in [1.54, 1.807) is 0 Å². The molecule has 0 aromatic heterocycles. The van der Waals surface area contributed by atoms with Crippen molar-refractivity contribution in [1.82, 2.24) is 0 Å². The Hall–Kier alpha value is -0.240. The highest BCUT2D eigenvalue weighted by Crippen LogP contribution is 2.49. The van der Waals surface area contributed by atoms with Crippen molar-refractivity contribution in [3.8, 4) is 0 Å². The van der Waals surface area contributed by atoms with Gasteiger partial charge in [0.2, 0.25) is 0 Å². The predicted octanol–water partition coefficient (Wildman–Crippen LogP) is 5.92. The van der Waals surface area contributed by atoms with Crippen LogP contribution in [-0.4, -0.2) is 0 Å². The van der Waals surface area contributed by atoms with Gasteiger partial charge in [-0.2, -0.15) is 0 Å². The molecule has 0 bridgehead atoms. The fourth-order valence-corrected chi connectivity index (χ4v) is 5.09. The van der Waals surface area contributed by atoms with E-state index in [2.05, 4.69) is 6.07 Å². The standard InChI is InChI=1S/C18H25Cl2N/c19-16-11-6-10-15(17(16)20)18(21)12-5-4-9-14(18)13-7-2-1-3-8-13/h6,10-11,13-14H,1-5,7-9,12,21H2. The normalized spacial score (nSPS) is 31.3. The Labute approximate surface area is 138 Å². The zero-order valence-corrected chi connectivity index (χ0v) is 14.1. The maximum absolute atomic E-state index is 6.98. The lowest BCUT2D eigenvalue weighted by atomic mass is 9.62. The predicted molar refractivity (Wildman–Crippen MR) is 90.9 cm³/mol. The smallest absolute Gasteiger partial charge is 0.0642 e. The molecule has 3 heteroatoms.